The Hall–Kier alpha value is -2.47. The fraction of sp³-hybridized carbons (Fsp3) is 0.360. The topological polar surface area (TPSA) is 92.0 Å². The lowest BCUT2D eigenvalue weighted by atomic mass is 10.2. The van der Waals surface area contributed by atoms with Gasteiger partial charge in [-0.3, -0.25) is 4.79 Å². The van der Waals surface area contributed by atoms with Gasteiger partial charge in [-0.15, -0.1) is 0 Å². The van der Waals surface area contributed by atoms with Gasteiger partial charge < -0.3 is 14.2 Å². The molecule has 10 heteroatoms. The van der Waals surface area contributed by atoms with Gasteiger partial charge in [0.05, 0.1) is 33.4 Å². The molecule has 0 spiro atoms. The van der Waals surface area contributed by atoms with Gasteiger partial charge in [-0.2, -0.15) is 9.78 Å². The first-order valence-corrected chi connectivity index (χ1v) is 13.0. The fourth-order valence-electron chi connectivity index (χ4n) is 3.27. The summed E-state index contributed by atoms with van der Waals surface area (Å²) in [4.78, 5) is 29.8. The maximum absolute atomic E-state index is 13.2. The summed E-state index contributed by atoms with van der Waals surface area (Å²) in [6.07, 6.45) is 1.36. The number of aromatic nitrogens is 2. The Morgan fingerprint density at radius 1 is 1.20 bits per heavy atom. The average Bonchev–Trinajstić information content (AvgIpc) is 2.77. The van der Waals surface area contributed by atoms with Crippen LogP contribution in [0.3, 0.4) is 0 Å². The summed E-state index contributed by atoms with van der Waals surface area (Å²) in [6, 6.07) is 9.00. The molecule has 0 radical (unpaired) electrons. The Morgan fingerprint density at radius 2 is 1.94 bits per heavy atom. The zero-order valence-electron chi connectivity index (χ0n) is 20.2. The summed E-state index contributed by atoms with van der Waals surface area (Å²) in [5.74, 6) is 0.996. The van der Waals surface area contributed by atoms with Crippen molar-refractivity contribution in [2.75, 3.05) is 13.2 Å². The standard InChI is InChI=1S/C25H27BrIN3O5/c1-6-33-21-10-16(9-19(27)23(21)34-13-22(31)35-15(4)5)12-28-30-24(14(2)3)29-20-8-7-17(26)11-18(20)25(30)32/h7-12,14-15H,6,13H2,1-5H3. The highest BCUT2D eigenvalue weighted by atomic mass is 127. The number of hydrogen-bond acceptors (Lipinski definition) is 7. The molecule has 1 aromatic heterocycles. The zero-order chi connectivity index (χ0) is 25.7. The molecule has 0 aliphatic heterocycles. The van der Waals surface area contributed by atoms with Crippen LogP contribution >= 0.6 is 38.5 Å². The molecule has 0 bridgehead atoms. The second-order valence-corrected chi connectivity index (χ2v) is 10.3. The molecule has 0 N–H and O–H groups in total. The van der Waals surface area contributed by atoms with Crippen molar-refractivity contribution < 1.29 is 19.0 Å². The molecule has 8 nitrogen and oxygen atoms in total. The summed E-state index contributed by atoms with van der Waals surface area (Å²) in [5.41, 5.74) is 1.07. The van der Waals surface area contributed by atoms with Crippen LogP contribution in [0.5, 0.6) is 11.5 Å². The first kappa shape index (κ1) is 27.1. The molecular formula is C25H27BrIN3O5. The van der Waals surface area contributed by atoms with Crippen LogP contribution in [0.2, 0.25) is 0 Å². The van der Waals surface area contributed by atoms with Crippen LogP contribution in [0.1, 0.15) is 51.9 Å². The lowest BCUT2D eigenvalue weighted by molar-refractivity contribution is -0.149. The molecule has 0 amide bonds. The molecule has 0 aliphatic carbocycles. The molecule has 186 valence electrons. The van der Waals surface area contributed by atoms with E-state index in [1.807, 2.05) is 39.0 Å². The number of carbonyl (C=O) groups excluding carboxylic acids is 1. The third-order valence-electron chi connectivity index (χ3n) is 4.71. The summed E-state index contributed by atoms with van der Waals surface area (Å²) in [5, 5.41) is 4.96. The molecular weight excluding hydrogens is 629 g/mol. The van der Waals surface area contributed by atoms with E-state index in [1.165, 1.54) is 4.68 Å². The Kier molecular flexibility index (Phi) is 9.28. The van der Waals surface area contributed by atoms with Gasteiger partial charge in [0.25, 0.3) is 5.56 Å². The Balaban J connectivity index is 1.99. The second kappa shape index (κ2) is 12.0. The van der Waals surface area contributed by atoms with Crippen LogP contribution in [0.4, 0.5) is 0 Å². The minimum atomic E-state index is -0.458. The largest absolute Gasteiger partial charge is 0.490 e. The Morgan fingerprint density at radius 3 is 2.60 bits per heavy atom. The van der Waals surface area contributed by atoms with Gasteiger partial charge in [0.15, 0.2) is 18.1 Å². The second-order valence-electron chi connectivity index (χ2n) is 8.24. The highest BCUT2D eigenvalue weighted by molar-refractivity contribution is 14.1. The molecule has 1 heterocycles. The van der Waals surface area contributed by atoms with Crippen LogP contribution in [0, 0.1) is 3.57 Å². The van der Waals surface area contributed by atoms with E-state index in [0.717, 1.165) is 8.04 Å². The molecule has 0 unspecified atom stereocenters. The first-order valence-electron chi connectivity index (χ1n) is 11.2. The number of halogens is 2. The quantitative estimate of drug-likeness (QED) is 0.172. The van der Waals surface area contributed by atoms with Gasteiger partial charge in [-0.05, 0) is 79.3 Å². The van der Waals surface area contributed by atoms with E-state index in [2.05, 4.69) is 48.6 Å². The molecule has 0 saturated heterocycles. The van der Waals surface area contributed by atoms with E-state index in [0.29, 0.717) is 40.4 Å². The maximum Gasteiger partial charge on any atom is 0.344 e. The maximum atomic E-state index is 13.2. The van der Waals surface area contributed by atoms with Crippen molar-refractivity contribution in [1.29, 1.82) is 0 Å². The monoisotopic (exact) mass is 655 g/mol. The van der Waals surface area contributed by atoms with E-state index >= 15 is 0 Å². The first-order chi connectivity index (χ1) is 16.6. The third kappa shape index (κ3) is 6.81. The van der Waals surface area contributed by atoms with Crippen molar-refractivity contribution in [3.63, 3.8) is 0 Å². The number of rotatable bonds is 9. The predicted molar refractivity (Wildman–Crippen MR) is 148 cm³/mol. The van der Waals surface area contributed by atoms with Crippen LogP contribution < -0.4 is 15.0 Å². The lowest BCUT2D eigenvalue weighted by Crippen LogP contribution is -2.23. The molecule has 2 aromatic carbocycles. The number of fused-ring (bicyclic) bond motifs is 1. The highest BCUT2D eigenvalue weighted by Crippen LogP contribution is 2.34. The van der Waals surface area contributed by atoms with Gasteiger partial charge in [-0.25, -0.2) is 9.78 Å². The smallest absolute Gasteiger partial charge is 0.344 e. The normalized spacial score (nSPS) is 11.6. The van der Waals surface area contributed by atoms with Crippen LogP contribution in [-0.4, -0.2) is 41.2 Å². The summed E-state index contributed by atoms with van der Waals surface area (Å²) in [6.45, 7) is 9.52. The van der Waals surface area contributed by atoms with Crippen LogP contribution in [0.25, 0.3) is 10.9 Å². The van der Waals surface area contributed by atoms with Gasteiger partial charge in [0, 0.05) is 10.4 Å². The van der Waals surface area contributed by atoms with Gasteiger partial charge in [0.2, 0.25) is 0 Å². The molecule has 0 atom stereocenters. The Bertz CT molecular complexity index is 1320. The van der Waals surface area contributed by atoms with Crippen molar-refractivity contribution in [2.45, 2.75) is 46.6 Å². The summed E-state index contributed by atoms with van der Waals surface area (Å²) < 4.78 is 19.4. The van der Waals surface area contributed by atoms with E-state index < -0.39 is 5.97 Å². The number of nitrogens with zero attached hydrogens (tertiary/aromatic N) is 3. The minimum Gasteiger partial charge on any atom is -0.490 e. The summed E-state index contributed by atoms with van der Waals surface area (Å²) in [7, 11) is 0. The van der Waals surface area contributed by atoms with Gasteiger partial charge in [-0.1, -0.05) is 29.8 Å². The minimum absolute atomic E-state index is 0.0200. The van der Waals surface area contributed by atoms with E-state index in [1.54, 1.807) is 32.2 Å². The number of benzene rings is 2. The highest BCUT2D eigenvalue weighted by Gasteiger charge is 2.16. The molecule has 0 aliphatic rings. The number of esters is 1. The lowest BCUT2D eigenvalue weighted by Gasteiger charge is -2.15. The third-order valence-corrected chi connectivity index (χ3v) is 6.00. The van der Waals surface area contributed by atoms with Crippen molar-refractivity contribution in [1.82, 2.24) is 9.66 Å². The number of ether oxygens (including phenoxy) is 3. The van der Waals surface area contributed by atoms with Crippen LogP contribution in [-0.2, 0) is 9.53 Å². The zero-order valence-corrected chi connectivity index (χ0v) is 23.9. The average molecular weight is 656 g/mol. The number of carbonyl (C=O) groups is 1. The van der Waals surface area contributed by atoms with Crippen molar-refractivity contribution in [2.24, 2.45) is 5.10 Å². The molecule has 0 saturated carbocycles. The summed E-state index contributed by atoms with van der Waals surface area (Å²) >= 11 is 5.53. The van der Waals surface area contributed by atoms with Crippen molar-refractivity contribution in [3.8, 4) is 11.5 Å². The molecule has 35 heavy (non-hydrogen) atoms. The van der Waals surface area contributed by atoms with Gasteiger partial charge >= 0.3 is 5.97 Å². The fourth-order valence-corrected chi connectivity index (χ4v) is 4.41. The van der Waals surface area contributed by atoms with Crippen LogP contribution in [0.15, 0.2) is 44.7 Å². The predicted octanol–water partition coefficient (Wildman–Crippen LogP) is 5.50. The Labute approximate surface area is 225 Å². The SMILES string of the molecule is CCOc1cc(C=Nn2c(C(C)C)nc3ccc(Br)cc3c2=O)cc(I)c1OCC(=O)OC(C)C. The molecule has 3 aromatic rings. The van der Waals surface area contributed by atoms with E-state index in [4.69, 9.17) is 14.2 Å². The van der Waals surface area contributed by atoms with E-state index in [-0.39, 0.29) is 24.2 Å². The van der Waals surface area contributed by atoms with E-state index in [9.17, 15) is 9.59 Å². The van der Waals surface area contributed by atoms with Crippen molar-refractivity contribution >= 4 is 61.6 Å². The van der Waals surface area contributed by atoms with Gasteiger partial charge in [0.1, 0.15) is 5.82 Å². The number of hydrogen-bond donors (Lipinski definition) is 0. The van der Waals surface area contributed by atoms with Crippen molar-refractivity contribution in [3.05, 3.63) is 60.1 Å². The molecule has 0 fully saturated rings. The molecule has 3 rings (SSSR count).